The number of amides is 1. The second-order valence-corrected chi connectivity index (χ2v) is 5.89. The van der Waals surface area contributed by atoms with Gasteiger partial charge >= 0.3 is 10.2 Å². The SMILES string of the molecule is Cc1cc(N2CC(S(=O)(=O)F)CC2=O)ccc1O. The Bertz CT molecular complexity index is 599. The van der Waals surface area contributed by atoms with Gasteiger partial charge in [0.15, 0.2) is 0 Å². The predicted molar refractivity (Wildman–Crippen MR) is 63.6 cm³/mol. The van der Waals surface area contributed by atoms with Crippen molar-refractivity contribution < 1.29 is 22.2 Å². The quantitative estimate of drug-likeness (QED) is 0.819. The minimum atomic E-state index is -4.71. The van der Waals surface area contributed by atoms with Crippen LogP contribution in [0.15, 0.2) is 18.2 Å². The first-order valence-electron chi connectivity index (χ1n) is 5.32. The fourth-order valence-corrected chi connectivity index (χ4v) is 2.59. The van der Waals surface area contributed by atoms with Crippen LogP contribution in [-0.2, 0) is 15.0 Å². The molecule has 0 spiro atoms. The van der Waals surface area contributed by atoms with E-state index >= 15 is 0 Å². The van der Waals surface area contributed by atoms with Gasteiger partial charge in [-0.15, -0.1) is 3.89 Å². The fourth-order valence-electron chi connectivity index (χ4n) is 1.92. The molecule has 1 heterocycles. The smallest absolute Gasteiger partial charge is 0.307 e. The zero-order chi connectivity index (χ0) is 13.5. The number of hydrogen-bond donors (Lipinski definition) is 1. The van der Waals surface area contributed by atoms with Crippen molar-refractivity contribution in [2.45, 2.75) is 18.6 Å². The molecule has 1 aliphatic heterocycles. The van der Waals surface area contributed by atoms with Crippen molar-refractivity contribution in [2.24, 2.45) is 0 Å². The van der Waals surface area contributed by atoms with Gasteiger partial charge in [0.05, 0.1) is 0 Å². The third-order valence-corrected chi connectivity index (χ3v) is 4.09. The zero-order valence-corrected chi connectivity index (χ0v) is 10.4. The summed E-state index contributed by atoms with van der Waals surface area (Å²) in [6.07, 6.45) is -0.348. The molecule has 1 amide bonds. The van der Waals surface area contributed by atoms with E-state index in [9.17, 15) is 22.2 Å². The van der Waals surface area contributed by atoms with Gasteiger partial charge in [-0.05, 0) is 30.7 Å². The number of carbonyl (C=O) groups excluding carboxylic acids is 1. The highest BCUT2D eigenvalue weighted by Gasteiger charge is 2.39. The number of hydrogen-bond acceptors (Lipinski definition) is 4. The fraction of sp³-hybridized carbons (Fsp3) is 0.364. The lowest BCUT2D eigenvalue weighted by atomic mass is 10.2. The highest BCUT2D eigenvalue weighted by atomic mass is 32.3. The van der Waals surface area contributed by atoms with Crippen molar-refractivity contribution in [3.05, 3.63) is 23.8 Å². The van der Waals surface area contributed by atoms with E-state index in [1.54, 1.807) is 13.0 Å². The van der Waals surface area contributed by atoms with Crippen LogP contribution in [0, 0.1) is 6.92 Å². The summed E-state index contributed by atoms with van der Waals surface area (Å²) in [5.74, 6) is -0.355. The van der Waals surface area contributed by atoms with Gasteiger partial charge in [-0.2, -0.15) is 8.42 Å². The van der Waals surface area contributed by atoms with Gasteiger partial charge in [0, 0.05) is 18.7 Å². The van der Waals surface area contributed by atoms with Crippen molar-refractivity contribution in [2.75, 3.05) is 11.4 Å². The summed E-state index contributed by atoms with van der Waals surface area (Å²) in [6, 6.07) is 4.46. The van der Waals surface area contributed by atoms with Gasteiger partial charge in [0.25, 0.3) is 0 Å². The van der Waals surface area contributed by atoms with E-state index < -0.39 is 21.4 Å². The standard InChI is InChI=1S/C11H12FNO4S/c1-7-4-8(2-3-10(7)14)13-6-9(5-11(13)15)18(12,16)17/h2-4,9,14H,5-6H2,1H3. The average molecular weight is 273 g/mol. The number of halogens is 1. The Labute approximate surface area is 104 Å². The molecule has 1 fully saturated rings. The van der Waals surface area contributed by atoms with Crippen molar-refractivity contribution in [3.63, 3.8) is 0 Å². The molecule has 1 unspecified atom stereocenters. The number of carbonyl (C=O) groups is 1. The van der Waals surface area contributed by atoms with Gasteiger partial charge in [-0.3, -0.25) is 4.79 Å². The minimum Gasteiger partial charge on any atom is -0.508 e. The summed E-state index contributed by atoms with van der Waals surface area (Å²) in [5.41, 5.74) is 1.02. The predicted octanol–water partition coefficient (Wildman–Crippen LogP) is 1.11. The number of benzene rings is 1. The number of aromatic hydroxyl groups is 1. The lowest BCUT2D eigenvalue weighted by Crippen LogP contribution is -2.26. The Hall–Kier alpha value is -1.63. The first-order valence-corrected chi connectivity index (χ1v) is 6.77. The molecule has 2 rings (SSSR count). The number of phenolic OH excluding ortho intramolecular Hbond substituents is 1. The average Bonchev–Trinajstić information content (AvgIpc) is 2.64. The van der Waals surface area contributed by atoms with Crippen LogP contribution in [0.1, 0.15) is 12.0 Å². The molecule has 0 aliphatic carbocycles. The van der Waals surface area contributed by atoms with E-state index in [1.165, 1.54) is 17.0 Å². The van der Waals surface area contributed by atoms with Crippen molar-refractivity contribution in [1.29, 1.82) is 0 Å². The van der Waals surface area contributed by atoms with Crippen LogP contribution in [0.5, 0.6) is 5.75 Å². The maximum atomic E-state index is 12.9. The summed E-state index contributed by atoms with van der Waals surface area (Å²) in [4.78, 5) is 12.9. The molecule has 18 heavy (non-hydrogen) atoms. The molecular weight excluding hydrogens is 261 g/mol. The molecule has 98 valence electrons. The number of aryl methyl sites for hydroxylation is 1. The van der Waals surface area contributed by atoms with E-state index in [0.29, 0.717) is 11.3 Å². The highest BCUT2D eigenvalue weighted by Crippen LogP contribution is 2.29. The maximum absolute atomic E-state index is 12.9. The van der Waals surface area contributed by atoms with E-state index in [-0.39, 0.29) is 18.7 Å². The maximum Gasteiger partial charge on any atom is 0.307 e. The molecule has 1 atom stereocenters. The third-order valence-electron chi connectivity index (χ3n) is 2.98. The minimum absolute atomic E-state index is 0.0834. The van der Waals surface area contributed by atoms with Crippen molar-refractivity contribution in [1.82, 2.24) is 0 Å². The number of rotatable bonds is 2. The second-order valence-electron chi connectivity index (χ2n) is 4.28. The molecule has 1 aromatic rings. The Morgan fingerprint density at radius 2 is 2.11 bits per heavy atom. The van der Waals surface area contributed by atoms with Crippen LogP contribution < -0.4 is 4.90 Å². The molecule has 1 saturated heterocycles. The van der Waals surface area contributed by atoms with Crippen LogP contribution in [0.3, 0.4) is 0 Å². The molecule has 1 aliphatic rings. The lowest BCUT2D eigenvalue weighted by Gasteiger charge is -2.16. The summed E-state index contributed by atoms with van der Waals surface area (Å²) < 4.78 is 34.4. The largest absolute Gasteiger partial charge is 0.508 e. The molecule has 0 bridgehead atoms. The van der Waals surface area contributed by atoms with Gasteiger partial charge < -0.3 is 10.0 Å². The molecular formula is C11H12FNO4S. The number of anilines is 1. The van der Waals surface area contributed by atoms with Crippen molar-refractivity contribution in [3.8, 4) is 5.75 Å². The van der Waals surface area contributed by atoms with E-state index in [1.807, 2.05) is 0 Å². The first kappa shape index (κ1) is 12.8. The molecule has 7 heteroatoms. The molecule has 0 aromatic heterocycles. The van der Waals surface area contributed by atoms with Gasteiger partial charge in [0.2, 0.25) is 5.91 Å². The number of nitrogens with zero attached hydrogens (tertiary/aromatic N) is 1. The highest BCUT2D eigenvalue weighted by molar-refractivity contribution is 7.87. The summed E-state index contributed by atoms with van der Waals surface area (Å²) in [7, 11) is -4.71. The molecule has 0 saturated carbocycles. The monoisotopic (exact) mass is 273 g/mol. The van der Waals surface area contributed by atoms with Crippen LogP contribution in [0.2, 0.25) is 0 Å². The van der Waals surface area contributed by atoms with Gasteiger partial charge in [-0.25, -0.2) is 0 Å². The lowest BCUT2D eigenvalue weighted by molar-refractivity contribution is -0.117. The van der Waals surface area contributed by atoms with Crippen LogP contribution >= 0.6 is 0 Å². The Kier molecular flexibility index (Phi) is 3.02. The summed E-state index contributed by atoms with van der Waals surface area (Å²) in [6.45, 7) is 1.46. The van der Waals surface area contributed by atoms with Crippen LogP contribution in [-0.4, -0.2) is 31.2 Å². The number of phenols is 1. The molecule has 1 N–H and O–H groups in total. The normalized spacial score (nSPS) is 20.4. The second kappa shape index (κ2) is 4.24. The van der Waals surface area contributed by atoms with Crippen molar-refractivity contribution >= 4 is 21.8 Å². The van der Waals surface area contributed by atoms with Crippen LogP contribution in [0.25, 0.3) is 0 Å². The zero-order valence-electron chi connectivity index (χ0n) is 9.63. The summed E-state index contributed by atoms with van der Waals surface area (Å²) >= 11 is 0. The Morgan fingerprint density at radius 3 is 2.61 bits per heavy atom. The van der Waals surface area contributed by atoms with Gasteiger partial charge in [0.1, 0.15) is 11.0 Å². The van der Waals surface area contributed by atoms with E-state index in [0.717, 1.165) is 0 Å². The van der Waals surface area contributed by atoms with Gasteiger partial charge in [-0.1, -0.05) is 0 Å². The topological polar surface area (TPSA) is 74.7 Å². The molecule has 5 nitrogen and oxygen atoms in total. The molecule has 1 aromatic carbocycles. The Morgan fingerprint density at radius 1 is 1.44 bits per heavy atom. The van der Waals surface area contributed by atoms with E-state index in [4.69, 9.17) is 0 Å². The third kappa shape index (κ3) is 2.31. The Balaban J connectivity index is 2.30. The summed E-state index contributed by atoms with van der Waals surface area (Å²) in [5, 5.41) is 8.07. The molecule has 0 radical (unpaired) electrons. The van der Waals surface area contributed by atoms with Crippen LogP contribution in [0.4, 0.5) is 9.57 Å². The van der Waals surface area contributed by atoms with E-state index in [2.05, 4.69) is 0 Å². The first-order chi connectivity index (χ1) is 8.29.